The van der Waals surface area contributed by atoms with Crippen LogP contribution in [0.5, 0.6) is 0 Å². The maximum atomic E-state index is 5.36. The predicted octanol–water partition coefficient (Wildman–Crippen LogP) is 0.353. The van der Waals surface area contributed by atoms with Gasteiger partial charge in [0.05, 0.1) is 0 Å². The van der Waals surface area contributed by atoms with Gasteiger partial charge in [0.2, 0.25) is 0 Å². The molecule has 1 rings (SSSR count). The number of nitrogens with one attached hydrogen (secondary N) is 1. The van der Waals surface area contributed by atoms with Crippen molar-refractivity contribution in [3.05, 3.63) is 11.8 Å². The summed E-state index contributed by atoms with van der Waals surface area (Å²) < 4.78 is 1.89. The van der Waals surface area contributed by atoms with E-state index in [0.29, 0.717) is 6.54 Å². The number of nitrogens with zero attached hydrogens (tertiary/aromatic N) is 2. The minimum Gasteiger partial charge on any atom is -0.367 e. The van der Waals surface area contributed by atoms with Gasteiger partial charge in [-0.25, -0.2) is 0 Å². The summed E-state index contributed by atoms with van der Waals surface area (Å²) in [6, 6.07) is 2.05. The molecule has 0 atom stereocenters. The molecule has 0 saturated heterocycles. The van der Waals surface area contributed by atoms with E-state index in [0.717, 1.165) is 18.8 Å². The molecule has 12 heavy (non-hydrogen) atoms. The normalized spacial score (nSPS) is 10.2. The van der Waals surface area contributed by atoms with Gasteiger partial charge in [0.15, 0.2) is 0 Å². The van der Waals surface area contributed by atoms with Gasteiger partial charge in [0, 0.05) is 31.9 Å². The fourth-order valence-corrected chi connectivity index (χ4v) is 1.12. The third-order valence-electron chi connectivity index (χ3n) is 1.79. The van der Waals surface area contributed by atoms with Crippen LogP contribution in [0, 0.1) is 0 Å². The summed E-state index contributed by atoms with van der Waals surface area (Å²) in [6.45, 7) is 3.53. The number of nitrogens with two attached hydrogens (primary N) is 1. The standard InChI is InChI=1S/C8H16N4/c1-3-7-6-8(10-5-4-9)11-12(7)2/h6H,3-5,9H2,1-2H3,(H,10,11). The molecule has 1 heterocycles. The number of aromatic nitrogens is 2. The maximum absolute atomic E-state index is 5.36. The zero-order valence-corrected chi connectivity index (χ0v) is 7.67. The molecular formula is C8H16N4. The maximum Gasteiger partial charge on any atom is 0.148 e. The highest BCUT2D eigenvalue weighted by atomic mass is 15.3. The van der Waals surface area contributed by atoms with E-state index in [2.05, 4.69) is 23.4 Å². The first-order chi connectivity index (χ1) is 5.77. The second-order valence-corrected chi connectivity index (χ2v) is 2.71. The van der Waals surface area contributed by atoms with Crippen LogP contribution in [0.1, 0.15) is 12.6 Å². The van der Waals surface area contributed by atoms with Crippen molar-refractivity contribution in [2.45, 2.75) is 13.3 Å². The van der Waals surface area contributed by atoms with Crippen molar-refractivity contribution in [1.29, 1.82) is 0 Å². The number of hydrogen-bond donors (Lipinski definition) is 2. The molecular weight excluding hydrogens is 152 g/mol. The Morgan fingerprint density at radius 1 is 1.67 bits per heavy atom. The molecule has 0 fully saturated rings. The van der Waals surface area contributed by atoms with Crippen LogP contribution in [0.2, 0.25) is 0 Å². The molecule has 1 aromatic heterocycles. The minimum absolute atomic E-state index is 0.637. The van der Waals surface area contributed by atoms with Crippen LogP contribution in [0.4, 0.5) is 5.82 Å². The Morgan fingerprint density at radius 2 is 2.42 bits per heavy atom. The van der Waals surface area contributed by atoms with Crippen LogP contribution in [-0.2, 0) is 13.5 Å². The van der Waals surface area contributed by atoms with E-state index >= 15 is 0 Å². The highest BCUT2D eigenvalue weighted by Gasteiger charge is 2.00. The van der Waals surface area contributed by atoms with Crippen LogP contribution >= 0.6 is 0 Å². The van der Waals surface area contributed by atoms with E-state index in [-0.39, 0.29) is 0 Å². The van der Waals surface area contributed by atoms with Crippen molar-refractivity contribution in [2.75, 3.05) is 18.4 Å². The lowest BCUT2D eigenvalue weighted by atomic mass is 10.3. The predicted molar refractivity (Wildman–Crippen MR) is 50.1 cm³/mol. The van der Waals surface area contributed by atoms with Gasteiger partial charge >= 0.3 is 0 Å². The molecule has 0 radical (unpaired) electrons. The molecule has 0 aliphatic heterocycles. The summed E-state index contributed by atoms with van der Waals surface area (Å²) in [5.74, 6) is 0.916. The van der Waals surface area contributed by atoms with E-state index < -0.39 is 0 Å². The fourth-order valence-electron chi connectivity index (χ4n) is 1.12. The number of anilines is 1. The number of hydrogen-bond acceptors (Lipinski definition) is 3. The molecule has 3 N–H and O–H groups in total. The lowest BCUT2D eigenvalue weighted by Gasteiger charge is -1.97. The second-order valence-electron chi connectivity index (χ2n) is 2.71. The van der Waals surface area contributed by atoms with Crippen molar-refractivity contribution in [2.24, 2.45) is 12.8 Å². The molecule has 4 heteroatoms. The summed E-state index contributed by atoms with van der Waals surface area (Å²) >= 11 is 0. The van der Waals surface area contributed by atoms with Crippen LogP contribution in [0.3, 0.4) is 0 Å². The average Bonchev–Trinajstić information content (AvgIpc) is 2.43. The van der Waals surface area contributed by atoms with Gasteiger partial charge in [-0.1, -0.05) is 6.92 Å². The van der Waals surface area contributed by atoms with Gasteiger partial charge in [-0.15, -0.1) is 0 Å². The molecule has 0 bridgehead atoms. The molecule has 0 saturated carbocycles. The summed E-state index contributed by atoms with van der Waals surface area (Å²) in [4.78, 5) is 0. The number of rotatable bonds is 4. The fraction of sp³-hybridized carbons (Fsp3) is 0.625. The topological polar surface area (TPSA) is 55.9 Å². The molecule has 0 unspecified atom stereocenters. The quantitative estimate of drug-likeness (QED) is 0.682. The molecule has 0 amide bonds. The van der Waals surface area contributed by atoms with Gasteiger partial charge in [-0.3, -0.25) is 4.68 Å². The molecule has 0 spiro atoms. The first-order valence-corrected chi connectivity index (χ1v) is 4.24. The lowest BCUT2D eigenvalue weighted by molar-refractivity contribution is 0.719. The van der Waals surface area contributed by atoms with E-state index in [1.165, 1.54) is 5.69 Å². The smallest absolute Gasteiger partial charge is 0.148 e. The summed E-state index contributed by atoms with van der Waals surface area (Å²) in [7, 11) is 1.95. The zero-order valence-electron chi connectivity index (χ0n) is 7.67. The van der Waals surface area contributed by atoms with Gasteiger partial charge in [-0.05, 0) is 6.42 Å². The highest BCUT2D eigenvalue weighted by Crippen LogP contribution is 2.07. The molecule has 0 aliphatic carbocycles. The van der Waals surface area contributed by atoms with E-state index in [1.54, 1.807) is 0 Å². The largest absolute Gasteiger partial charge is 0.367 e. The van der Waals surface area contributed by atoms with Crippen molar-refractivity contribution < 1.29 is 0 Å². The van der Waals surface area contributed by atoms with Gasteiger partial charge < -0.3 is 11.1 Å². The Balaban J connectivity index is 2.62. The minimum atomic E-state index is 0.637. The summed E-state index contributed by atoms with van der Waals surface area (Å²) in [5.41, 5.74) is 6.59. The van der Waals surface area contributed by atoms with Gasteiger partial charge in [0.1, 0.15) is 5.82 Å². The van der Waals surface area contributed by atoms with E-state index in [1.807, 2.05) is 11.7 Å². The monoisotopic (exact) mass is 168 g/mol. The van der Waals surface area contributed by atoms with Crippen molar-refractivity contribution >= 4 is 5.82 Å². The van der Waals surface area contributed by atoms with Crippen LogP contribution in [0.15, 0.2) is 6.07 Å². The van der Waals surface area contributed by atoms with Gasteiger partial charge in [-0.2, -0.15) is 5.10 Å². The zero-order chi connectivity index (χ0) is 8.97. The molecule has 1 aromatic rings. The first-order valence-electron chi connectivity index (χ1n) is 4.24. The third kappa shape index (κ3) is 1.98. The van der Waals surface area contributed by atoms with Crippen molar-refractivity contribution in [1.82, 2.24) is 9.78 Å². The average molecular weight is 168 g/mol. The van der Waals surface area contributed by atoms with E-state index in [9.17, 15) is 0 Å². The highest BCUT2D eigenvalue weighted by molar-refractivity contribution is 5.35. The Bertz CT molecular complexity index is 241. The third-order valence-corrected chi connectivity index (χ3v) is 1.79. The lowest BCUT2D eigenvalue weighted by Crippen LogP contribution is -2.13. The van der Waals surface area contributed by atoms with Crippen molar-refractivity contribution in [3.8, 4) is 0 Å². The molecule has 0 aliphatic rings. The molecule has 68 valence electrons. The van der Waals surface area contributed by atoms with E-state index in [4.69, 9.17) is 5.73 Å². The Hall–Kier alpha value is -1.03. The summed E-state index contributed by atoms with van der Waals surface area (Å²) in [5, 5.41) is 7.40. The molecule has 0 aromatic carbocycles. The molecule has 4 nitrogen and oxygen atoms in total. The van der Waals surface area contributed by atoms with Gasteiger partial charge in [0.25, 0.3) is 0 Å². The van der Waals surface area contributed by atoms with Crippen LogP contribution < -0.4 is 11.1 Å². The summed E-state index contributed by atoms with van der Waals surface area (Å²) in [6.07, 6.45) is 1.01. The second kappa shape index (κ2) is 4.11. The Kier molecular flexibility index (Phi) is 3.10. The van der Waals surface area contributed by atoms with Crippen molar-refractivity contribution in [3.63, 3.8) is 0 Å². The Morgan fingerprint density at radius 3 is 2.92 bits per heavy atom. The first kappa shape index (κ1) is 9.06. The van der Waals surface area contributed by atoms with Crippen LogP contribution in [0.25, 0.3) is 0 Å². The SMILES string of the molecule is CCc1cc(NCCN)nn1C. The Labute approximate surface area is 72.8 Å². The van der Waals surface area contributed by atoms with Crippen LogP contribution in [-0.4, -0.2) is 22.9 Å². The number of aryl methyl sites for hydroxylation is 2.